The number of halogens is 1. The van der Waals surface area contributed by atoms with Crippen LogP contribution in [0.5, 0.6) is 0 Å². The van der Waals surface area contributed by atoms with Crippen molar-refractivity contribution in [1.29, 1.82) is 0 Å². The first kappa shape index (κ1) is 21.2. The summed E-state index contributed by atoms with van der Waals surface area (Å²) >= 11 is 0. The number of piperidine rings is 2. The highest BCUT2D eigenvalue weighted by molar-refractivity contribution is 7.89. The van der Waals surface area contributed by atoms with Crippen LogP contribution in [0.25, 0.3) is 0 Å². The lowest BCUT2D eigenvalue weighted by molar-refractivity contribution is -0.137. The lowest BCUT2D eigenvalue weighted by Gasteiger charge is -2.37. The zero-order chi connectivity index (χ0) is 18.0. The average molecular weight is 402 g/mol. The molecule has 2 N–H and O–H groups in total. The van der Waals surface area contributed by atoms with Crippen molar-refractivity contribution in [2.75, 3.05) is 26.2 Å². The SMILES string of the molecule is Cc1ccc(S(=O)(=O)N2CCCC(C(=O)N3CCCC(N)C3)C2)cc1.Cl. The number of hydrogen-bond donors (Lipinski definition) is 1. The van der Waals surface area contributed by atoms with Gasteiger partial charge >= 0.3 is 0 Å². The topological polar surface area (TPSA) is 83.7 Å². The Labute approximate surface area is 162 Å². The minimum absolute atomic E-state index is 0. The van der Waals surface area contributed by atoms with Crippen LogP contribution in [0.3, 0.4) is 0 Å². The Morgan fingerprint density at radius 3 is 2.38 bits per heavy atom. The summed E-state index contributed by atoms with van der Waals surface area (Å²) in [5, 5.41) is 0. The summed E-state index contributed by atoms with van der Waals surface area (Å²) in [5.74, 6) is -0.210. The third kappa shape index (κ3) is 4.57. The molecule has 146 valence electrons. The number of likely N-dealkylation sites (tertiary alicyclic amines) is 1. The molecule has 0 saturated carbocycles. The van der Waals surface area contributed by atoms with Crippen LogP contribution in [0.2, 0.25) is 0 Å². The summed E-state index contributed by atoms with van der Waals surface area (Å²) in [6, 6.07) is 6.91. The van der Waals surface area contributed by atoms with Crippen molar-refractivity contribution in [3.05, 3.63) is 29.8 Å². The number of hydrogen-bond acceptors (Lipinski definition) is 4. The van der Waals surface area contributed by atoms with E-state index >= 15 is 0 Å². The molecule has 0 radical (unpaired) electrons. The summed E-state index contributed by atoms with van der Waals surface area (Å²) in [6.45, 7) is 3.98. The average Bonchev–Trinajstić information content (AvgIpc) is 2.61. The fraction of sp³-hybridized carbons (Fsp3) is 0.611. The number of sulfonamides is 1. The molecular weight excluding hydrogens is 374 g/mol. The van der Waals surface area contributed by atoms with Crippen molar-refractivity contribution in [2.24, 2.45) is 11.7 Å². The first-order valence-corrected chi connectivity index (χ1v) is 10.4. The molecule has 0 spiro atoms. The van der Waals surface area contributed by atoms with Gasteiger partial charge in [0.25, 0.3) is 0 Å². The molecule has 1 aromatic rings. The molecule has 1 aromatic carbocycles. The van der Waals surface area contributed by atoms with E-state index in [9.17, 15) is 13.2 Å². The maximum atomic E-state index is 12.9. The molecule has 2 aliphatic heterocycles. The molecule has 2 aliphatic rings. The third-order valence-electron chi connectivity index (χ3n) is 5.16. The molecule has 0 aliphatic carbocycles. The Bertz CT molecular complexity index is 724. The second-order valence-corrected chi connectivity index (χ2v) is 9.14. The van der Waals surface area contributed by atoms with Crippen LogP contribution in [0.4, 0.5) is 0 Å². The van der Waals surface area contributed by atoms with Gasteiger partial charge in [-0.1, -0.05) is 17.7 Å². The first-order valence-electron chi connectivity index (χ1n) is 8.99. The maximum Gasteiger partial charge on any atom is 0.243 e. The van der Waals surface area contributed by atoms with Crippen molar-refractivity contribution in [3.63, 3.8) is 0 Å². The van der Waals surface area contributed by atoms with Crippen LogP contribution in [0.1, 0.15) is 31.2 Å². The Balaban J connectivity index is 0.00000243. The van der Waals surface area contributed by atoms with Gasteiger partial charge in [0.1, 0.15) is 0 Å². The zero-order valence-corrected chi connectivity index (χ0v) is 16.8. The summed E-state index contributed by atoms with van der Waals surface area (Å²) in [4.78, 5) is 14.9. The van der Waals surface area contributed by atoms with Crippen LogP contribution in [-0.4, -0.2) is 55.8 Å². The Kier molecular flexibility index (Phi) is 7.07. The van der Waals surface area contributed by atoms with Gasteiger partial charge in [-0.15, -0.1) is 12.4 Å². The van der Waals surface area contributed by atoms with E-state index in [1.165, 1.54) is 4.31 Å². The minimum Gasteiger partial charge on any atom is -0.341 e. The molecule has 2 saturated heterocycles. The lowest BCUT2D eigenvalue weighted by Crippen LogP contribution is -2.51. The van der Waals surface area contributed by atoms with E-state index in [2.05, 4.69) is 0 Å². The van der Waals surface area contributed by atoms with Crippen LogP contribution in [0.15, 0.2) is 29.2 Å². The van der Waals surface area contributed by atoms with E-state index in [0.29, 0.717) is 24.4 Å². The number of amides is 1. The molecule has 26 heavy (non-hydrogen) atoms. The quantitative estimate of drug-likeness (QED) is 0.836. The predicted molar refractivity (Wildman–Crippen MR) is 104 cm³/mol. The van der Waals surface area contributed by atoms with Gasteiger partial charge in [-0.2, -0.15) is 4.31 Å². The molecule has 2 atom stereocenters. The van der Waals surface area contributed by atoms with Gasteiger partial charge in [0.2, 0.25) is 15.9 Å². The van der Waals surface area contributed by atoms with Crippen molar-refractivity contribution < 1.29 is 13.2 Å². The summed E-state index contributed by atoms with van der Waals surface area (Å²) in [7, 11) is -3.55. The molecule has 2 heterocycles. The molecule has 8 heteroatoms. The Morgan fingerprint density at radius 1 is 1.08 bits per heavy atom. The summed E-state index contributed by atoms with van der Waals surface area (Å²) < 4.78 is 27.2. The van der Waals surface area contributed by atoms with E-state index in [0.717, 1.165) is 31.4 Å². The molecule has 3 rings (SSSR count). The fourth-order valence-electron chi connectivity index (χ4n) is 3.69. The third-order valence-corrected chi connectivity index (χ3v) is 7.04. The number of carbonyl (C=O) groups is 1. The largest absolute Gasteiger partial charge is 0.341 e. The smallest absolute Gasteiger partial charge is 0.243 e. The number of carbonyl (C=O) groups excluding carboxylic acids is 1. The molecule has 0 bridgehead atoms. The van der Waals surface area contributed by atoms with Crippen molar-refractivity contribution >= 4 is 28.3 Å². The van der Waals surface area contributed by atoms with E-state index in [1.807, 2.05) is 11.8 Å². The molecule has 2 unspecified atom stereocenters. The predicted octanol–water partition coefficient (Wildman–Crippen LogP) is 1.77. The summed E-state index contributed by atoms with van der Waals surface area (Å²) in [6.07, 6.45) is 3.32. The number of benzene rings is 1. The lowest BCUT2D eigenvalue weighted by atomic mass is 9.96. The second kappa shape index (κ2) is 8.69. The first-order chi connectivity index (χ1) is 11.9. The van der Waals surface area contributed by atoms with Crippen molar-refractivity contribution in [2.45, 2.75) is 43.5 Å². The maximum absolute atomic E-state index is 12.9. The number of nitrogens with zero attached hydrogens (tertiary/aromatic N) is 2. The number of nitrogens with two attached hydrogens (primary N) is 1. The molecular formula is C18H28ClN3O3S. The highest BCUT2D eigenvalue weighted by atomic mass is 35.5. The van der Waals surface area contributed by atoms with Crippen LogP contribution < -0.4 is 5.73 Å². The van der Waals surface area contributed by atoms with E-state index < -0.39 is 10.0 Å². The van der Waals surface area contributed by atoms with Gasteiger partial charge in [0.05, 0.1) is 10.8 Å². The highest BCUT2D eigenvalue weighted by Gasteiger charge is 2.35. The van der Waals surface area contributed by atoms with Crippen LogP contribution >= 0.6 is 12.4 Å². The van der Waals surface area contributed by atoms with Crippen molar-refractivity contribution in [1.82, 2.24) is 9.21 Å². The van der Waals surface area contributed by atoms with Crippen molar-refractivity contribution in [3.8, 4) is 0 Å². The molecule has 6 nitrogen and oxygen atoms in total. The second-order valence-electron chi connectivity index (χ2n) is 7.20. The summed E-state index contributed by atoms with van der Waals surface area (Å²) in [5.41, 5.74) is 7.00. The number of aryl methyl sites for hydroxylation is 1. The normalized spacial score (nSPS) is 24.8. The van der Waals surface area contributed by atoms with Crippen LogP contribution in [0, 0.1) is 12.8 Å². The van der Waals surface area contributed by atoms with Gasteiger partial charge in [0, 0.05) is 32.2 Å². The molecule has 1 amide bonds. The number of rotatable bonds is 3. The molecule has 0 aromatic heterocycles. The Hall–Kier alpha value is -1.15. The van der Waals surface area contributed by atoms with Gasteiger partial charge < -0.3 is 10.6 Å². The van der Waals surface area contributed by atoms with Gasteiger partial charge in [-0.3, -0.25) is 4.79 Å². The van der Waals surface area contributed by atoms with E-state index in [4.69, 9.17) is 5.73 Å². The highest BCUT2D eigenvalue weighted by Crippen LogP contribution is 2.26. The van der Waals surface area contributed by atoms with Crippen LogP contribution in [-0.2, 0) is 14.8 Å². The Morgan fingerprint density at radius 2 is 1.73 bits per heavy atom. The fourth-order valence-corrected chi connectivity index (χ4v) is 5.21. The van der Waals surface area contributed by atoms with Gasteiger partial charge in [-0.25, -0.2) is 8.42 Å². The van der Waals surface area contributed by atoms with Gasteiger partial charge in [0.15, 0.2) is 0 Å². The molecule has 2 fully saturated rings. The van der Waals surface area contributed by atoms with Gasteiger partial charge in [-0.05, 0) is 44.7 Å². The monoisotopic (exact) mass is 401 g/mol. The minimum atomic E-state index is -3.55. The standard InChI is InChI=1S/C18H27N3O3S.ClH/c1-14-6-8-17(9-7-14)25(23,24)21-11-2-4-15(12-21)18(22)20-10-3-5-16(19)13-20;/h6-9,15-16H,2-5,10-13,19H2,1H3;1H. The zero-order valence-electron chi connectivity index (χ0n) is 15.1. The van der Waals surface area contributed by atoms with E-state index in [-0.39, 0.29) is 36.8 Å². The van der Waals surface area contributed by atoms with E-state index in [1.54, 1.807) is 24.3 Å².